The lowest BCUT2D eigenvalue weighted by molar-refractivity contribution is -0.138. The average Bonchev–Trinajstić information content (AvgIpc) is 2.82. The Labute approximate surface area is 135 Å². The van der Waals surface area contributed by atoms with E-state index in [1.165, 1.54) is 5.56 Å². The molecule has 0 saturated carbocycles. The van der Waals surface area contributed by atoms with Crippen molar-refractivity contribution in [3.05, 3.63) is 35.0 Å². The first-order chi connectivity index (χ1) is 11.0. The van der Waals surface area contributed by atoms with E-state index in [1.807, 2.05) is 30.0 Å². The van der Waals surface area contributed by atoms with Gasteiger partial charge in [-0.25, -0.2) is 0 Å². The Kier molecular flexibility index (Phi) is 4.11. The van der Waals surface area contributed by atoms with Crippen molar-refractivity contribution < 1.29 is 14.7 Å². The summed E-state index contributed by atoms with van der Waals surface area (Å²) in [5, 5.41) is 9.97. The molecule has 1 saturated heterocycles. The fourth-order valence-corrected chi connectivity index (χ4v) is 3.42. The molecule has 23 heavy (non-hydrogen) atoms. The summed E-state index contributed by atoms with van der Waals surface area (Å²) in [7, 11) is 0. The van der Waals surface area contributed by atoms with E-state index < -0.39 is 5.97 Å². The van der Waals surface area contributed by atoms with Gasteiger partial charge in [0.05, 0.1) is 11.1 Å². The van der Waals surface area contributed by atoms with Gasteiger partial charge in [0.1, 0.15) is 0 Å². The number of hydrogen-bond acceptors (Lipinski definition) is 2. The molecule has 1 fully saturated rings. The number of H-pyrrole nitrogens is 1. The Morgan fingerprint density at radius 3 is 2.61 bits per heavy atom. The topological polar surface area (TPSA) is 73.4 Å². The second-order valence-corrected chi connectivity index (χ2v) is 6.44. The summed E-state index contributed by atoms with van der Waals surface area (Å²) in [6.45, 7) is 5.33. The number of amides is 1. The van der Waals surface area contributed by atoms with Crippen LogP contribution in [0.1, 0.15) is 40.9 Å². The molecule has 3 rings (SSSR count). The number of nitrogens with one attached hydrogen (secondary N) is 1. The van der Waals surface area contributed by atoms with Crippen LogP contribution in [0.15, 0.2) is 18.2 Å². The van der Waals surface area contributed by atoms with E-state index in [2.05, 4.69) is 11.9 Å². The van der Waals surface area contributed by atoms with Gasteiger partial charge in [-0.3, -0.25) is 9.59 Å². The van der Waals surface area contributed by atoms with Crippen molar-refractivity contribution >= 4 is 22.8 Å². The Balaban J connectivity index is 1.79. The third-order valence-electron chi connectivity index (χ3n) is 4.94. The maximum atomic E-state index is 12.9. The van der Waals surface area contributed by atoms with E-state index in [9.17, 15) is 9.59 Å². The quantitative estimate of drug-likeness (QED) is 0.914. The zero-order valence-electron chi connectivity index (χ0n) is 13.6. The highest BCUT2D eigenvalue weighted by Crippen LogP contribution is 2.27. The van der Waals surface area contributed by atoms with Gasteiger partial charge < -0.3 is 15.0 Å². The first-order valence-electron chi connectivity index (χ1n) is 8.06. The average molecular weight is 314 g/mol. The Morgan fingerprint density at radius 2 is 1.96 bits per heavy atom. The first-order valence-corrected chi connectivity index (χ1v) is 8.06. The number of piperidine rings is 1. The van der Waals surface area contributed by atoms with Crippen LogP contribution >= 0.6 is 0 Å². The van der Waals surface area contributed by atoms with Gasteiger partial charge in [0.25, 0.3) is 5.91 Å². The number of para-hydroxylation sites is 1. The number of rotatable bonds is 3. The van der Waals surface area contributed by atoms with Gasteiger partial charge in [0.2, 0.25) is 0 Å². The second-order valence-electron chi connectivity index (χ2n) is 6.44. The highest BCUT2D eigenvalue weighted by Gasteiger charge is 2.26. The van der Waals surface area contributed by atoms with Gasteiger partial charge in [0, 0.05) is 30.6 Å². The SMILES string of the molecule is Cc1[nH]c2c(C(=O)N3CCC(CC(=O)O)CC3)cccc2c1C. The number of hydrogen-bond donors (Lipinski definition) is 2. The molecule has 1 aliphatic rings. The molecule has 2 heterocycles. The number of carboxylic acid groups (broad SMARTS) is 1. The molecule has 2 aromatic rings. The second kappa shape index (κ2) is 6.07. The fraction of sp³-hybridized carbons (Fsp3) is 0.444. The minimum atomic E-state index is -0.753. The van der Waals surface area contributed by atoms with Crippen molar-refractivity contribution in [1.29, 1.82) is 0 Å². The zero-order chi connectivity index (χ0) is 16.6. The zero-order valence-corrected chi connectivity index (χ0v) is 13.6. The van der Waals surface area contributed by atoms with Crippen LogP contribution in [-0.2, 0) is 4.79 Å². The van der Waals surface area contributed by atoms with Gasteiger partial charge in [-0.05, 0) is 44.2 Å². The molecule has 5 nitrogen and oxygen atoms in total. The third-order valence-corrected chi connectivity index (χ3v) is 4.94. The fourth-order valence-electron chi connectivity index (χ4n) is 3.42. The van der Waals surface area contributed by atoms with Gasteiger partial charge in [-0.2, -0.15) is 0 Å². The largest absolute Gasteiger partial charge is 0.481 e. The summed E-state index contributed by atoms with van der Waals surface area (Å²) >= 11 is 0. The molecule has 2 N–H and O–H groups in total. The number of benzene rings is 1. The Hall–Kier alpha value is -2.30. The number of carboxylic acids is 1. The third kappa shape index (κ3) is 2.96. The standard InChI is InChI=1S/C18H22N2O3/c1-11-12(2)19-17-14(11)4-3-5-15(17)18(23)20-8-6-13(7-9-20)10-16(21)22/h3-5,13,19H,6-10H2,1-2H3,(H,21,22). The maximum absolute atomic E-state index is 12.9. The molecule has 5 heteroatoms. The van der Waals surface area contributed by atoms with Crippen molar-refractivity contribution in [2.45, 2.75) is 33.1 Å². The van der Waals surface area contributed by atoms with Crippen LogP contribution in [0.3, 0.4) is 0 Å². The van der Waals surface area contributed by atoms with Crippen LogP contribution in [0.5, 0.6) is 0 Å². The number of carbonyl (C=O) groups is 2. The minimum absolute atomic E-state index is 0.0330. The normalized spacial score (nSPS) is 16.0. The number of aliphatic carboxylic acids is 1. The van der Waals surface area contributed by atoms with Gasteiger partial charge in [-0.1, -0.05) is 12.1 Å². The van der Waals surface area contributed by atoms with Crippen LogP contribution in [0.25, 0.3) is 10.9 Å². The van der Waals surface area contributed by atoms with Gasteiger partial charge >= 0.3 is 5.97 Å². The predicted octanol–water partition coefficient (Wildman–Crippen LogP) is 3.11. The molecule has 1 aliphatic heterocycles. The van der Waals surface area contributed by atoms with E-state index in [4.69, 9.17) is 5.11 Å². The molecule has 0 spiro atoms. The molecule has 0 bridgehead atoms. The number of aromatic amines is 1. The number of carbonyl (C=O) groups excluding carboxylic acids is 1. The number of fused-ring (bicyclic) bond motifs is 1. The maximum Gasteiger partial charge on any atom is 0.303 e. The molecule has 0 aliphatic carbocycles. The van der Waals surface area contributed by atoms with Crippen molar-refractivity contribution in [3.8, 4) is 0 Å². The Morgan fingerprint density at radius 1 is 1.26 bits per heavy atom. The van der Waals surface area contributed by atoms with E-state index in [0.717, 1.165) is 29.4 Å². The molecule has 0 unspecified atom stereocenters. The first kappa shape index (κ1) is 15.6. The number of nitrogens with zero attached hydrogens (tertiary/aromatic N) is 1. The summed E-state index contributed by atoms with van der Waals surface area (Å²) < 4.78 is 0. The summed E-state index contributed by atoms with van der Waals surface area (Å²) in [5.41, 5.74) is 3.87. The highest BCUT2D eigenvalue weighted by molar-refractivity contribution is 6.06. The lowest BCUT2D eigenvalue weighted by atomic mass is 9.93. The number of aryl methyl sites for hydroxylation is 2. The minimum Gasteiger partial charge on any atom is -0.481 e. The van der Waals surface area contributed by atoms with Crippen molar-refractivity contribution in [2.24, 2.45) is 5.92 Å². The van der Waals surface area contributed by atoms with Crippen LogP contribution in [0.2, 0.25) is 0 Å². The smallest absolute Gasteiger partial charge is 0.303 e. The summed E-state index contributed by atoms with van der Waals surface area (Å²) in [4.78, 5) is 28.8. The van der Waals surface area contributed by atoms with E-state index in [-0.39, 0.29) is 18.2 Å². The molecule has 1 aromatic heterocycles. The summed E-state index contributed by atoms with van der Waals surface area (Å²) in [6.07, 6.45) is 1.72. The summed E-state index contributed by atoms with van der Waals surface area (Å²) in [5.74, 6) is -0.537. The predicted molar refractivity (Wildman–Crippen MR) is 88.7 cm³/mol. The van der Waals surface area contributed by atoms with Crippen LogP contribution in [0, 0.1) is 19.8 Å². The highest BCUT2D eigenvalue weighted by atomic mass is 16.4. The van der Waals surface area contributed by atoms with E-state index in [1.54, 1.807) is 0 Å². The van der Waals surface area contributed by atoms with Gasteiger partial charge in [0.15, 0.2) is 0 Å². The molecule has 1 amide bonds. The van der Waals surface area contributed by atoms with E-state index in [0.29, 0.717) is 18.7 Å². The van der Waals surface area contributed by atoms with Crippen LogP contribution < -0.4 is 0 Å². The molecule has 0 atom stereocenters. The summed E-state index contributed by atoms with van der Waals surface area (Å²) in [6, 6.07) is 5.82. The number of likely N-dealkylation sites (tertiary alicyclic amines) is 1. The Bertz CT molecular complexity index is 755. The van der Waals surface area contributed by atoms with Crippen LogP contribution in [-0.4, -0.2) is 40.0 Å². The van der Waals surface area contributed by atoms with Gasteiger partial charge in [-0.15, -0.1) is 0 Å². The van der Waals surface area contributed by atoms with Crippen LogP contribution in [0.4, 0.5) is 0 Å². The monoisotopic (exact) mass is 314 g/mol. The lowest BCUT2D eigenvalue weighted by Crippen LogP contribution is -2.39. The van der Waals surface area contributed by atoms with Crippen molar-refractivity contribution in [2.75, 3.05) is 13.1 Å². The van der Waals surface area contributed by atoms with Crippen molar-refractivity contribution in [3.63, 3.8) is 0 Å². The molecule has 0 radical (unpaired) electrons. The molecular formula is C18H22N2O3. The molecule has 1 aromatic carbocycles. The lowest BCUT2D eigenvalue weighted by Gasteiger charge is -2.31. The molecular weight excluding hydrogens is 292 g/mol. The van der Waals surface area contributed by atoms with E-state index >= 15 is 0 Å². The molecule has 122 valence electrons. The van der Waals surface area contributed by atoms with Crippen molar-refractivity contribution in [1.82, 2.24) is 9.88 Å². The number of aromatic nitrogens is 1.